The zero-order chi connectivity index (χ0) is 16.1. The molecule has 2 heterocycles. The van der Waals surface area contributed by atoms with Gasteiger partial charge in [0.25, 0.3) is 0 Å². The van der Waals surface area contributed by atoms with Gasteiger partial charge in [0.2, 0.25) is 0 Å². The summed E-state index contributed by atoms with van der Waals surface area (Å²) < 4.78 is 11.2. The van der Waals surface area contributed by atoms with Gasteiger partial charge in [0, 0.05) is 31.7 Å². The highest BCUT2D eigenvalue weighted by Gasteiger charge is 2.21. The van der Waals surface area contributed by atoms with Gasteiger partial charge in [-0.15, -0.1) is 0 Å². The van der Waals surface area contributed by atoms with E-state index < -0.39 is 0 Å². The summed E-state index contributed by atoms with van der Waals surface area (Å²) in [6, 6.07) is 14.4. The van der Waals surface area contributed by atoms with Crippen molar-refractivity contribution >= 4 is 0 Å². The highest BCUT2D eigenvalue weighted by Crippen LogP contribution is 2.17. The predicted molar refractivity (Wildman–Crippen MR) is 90.7 cm³/mol. The molecular formula is C19H24N2O2. The Morgan fingerprint density at radius 3 is 2.96 bits per heavy atom. The van der Waals surface area contributed by atoms with Crippen molar-refractivity contribution in [3.63, 3.8) is 0 Å². The molecule has 1 aromatic heterocycles. The molecule has 23 heavy (non-hydrogen) atoms. The third-order valence-corrected chi connectivity index (χ3v) is 4.15. The van der Waals surface area contributed by atoms with Crippen LogP contribution in [0.3, 0.4) is 0 Å². The second-order valence-electron chi connectivity index (χ2n) is 6.05. The van der Waals surface area contributed by atoms with E-state index in [2.05, 4.69) is 34.1 Å². The zero-order valence-corrected chi connectivity index (χ0v) is 13.9. The van der Waals surface area contributed by atoms with Crippen LogP contribution in [-0.2, 0) is 17.7 Å². The van der Waals surface area contributed by atoms with Gasteiger partial charge in [0.15, 0.2) is 0 Å². The minimum atomic E-state index is 0.223. The molecule has 1 aromatic carbocycles. The number of methoxy groups -OCH3 is 1. The average molecular weight is 312 g/mol. The van der Waals surface area contributed by atoms with Crippen LogP contribution in [0.5, 0.6) is 5.75 Å². The highest BCUT2D eigenvalue weighted by molar-refractivity contribution is 5.28. The number of aryl methyl sites for hydroxylation is 1. The topological polar surface area (TPSA) is 34.6 Å². The predicted octanol–water partition coefficient (Wildman–Crippen LogP) is 2.84. The summed E-state index contributed by atoms with van der Waals surface area (Å²) in [7, 11) is 1.70. The van der Waals surface area contributed by atoms with Crippen LogP contribution in [0.4, 0.5) is 0 Å². The van der Waals surface area contributed by atoms with E-state index in [9.17, 15) is 0 Å². The number of pyridine rings is 1. The first-order chi connectivity index (χ1) is 11.2. The van der Waals surface area contributed by atoms with E-state index in [1.165, 1.54) is 5.56 Å². The molecule has 1 saturated heterocycles. The van der Waals surface area contributed by atoms with Crippen molar-refractivity contribution < 1.29 is 9.47 Å². The summed E-state index contributed by atoms with van der Waals surface area (Å²) in [6.07, 6.45) is 1.13. The van der Waals surface area contributed by atoms with Gasteiger partial charge >= 0.3 is 0 Å². The maximum Gasteiger partial charge on any atom is 0.119 e. The highest BCUT2D eigenvalue weighted by atomic mass is 16.5. The Kier molecular flexibility index (Phi) is 5.26. The molecule has 1 aliphatic heterocycles. The first-order valence-electron chi connectivity index (χ1n) is 8.12. The lowest BCUT2D eigenvalue weighted by molar-refractivity contribution is -0.0308. The van der Waals surface area contributed by atoms with Gasteiger partial charge in [0.1, 0.15) is 5.75 Å². The van der Waals surface area contributed by atoms with Crippen molar-refractivity contribution in [1.82, 2.24) is 9.88 Å². The molecule has 3 rings (SSSR count). The van der Waals surface area contributed by atoms with E-state index in [1.807, 2.05) is 25.1 Å². The molecule has 0 saturated carbocycles. The summed E-state index contributed by atoms with van der Waals surface area (Å²) in [4.78, 5) is 7.03. The van der Waals surface area contributed by atoms with E-state index in [0.29, 0.717) is 0 Å². The summed E-state index contributed by atoms with van der Waals surface area (Å²) >= 11 is 0. The molecule has 1 aliphatic rings. The van der Waals surface area contributed by atoms with Crippen LogP contribution in [0, 0.1) is 6.92 Å². The van der Waals surface area contributed by atoms with E-state index in [4.69, 9.17) is 9.47 Å². The van der Waals surface area contributed by atoms with Crippen LogP contribution >= 0.6 is 0 Å². The first-order valence-corrected chi connectivity index (χ1v) is 8.12. The molecule has 1 fully saturated rings. The molecular weight excluding hydrogens is 288 g/mol. The Bertz CT molecular complexity index is 645. The summed E-state index contributed by atoms with van der Waals surface area (Å²) in [5.41, 5.74) is 3.46. The quantitative estimate of drug-likeness (QED) is 0.850. The van der Waals surface area contributed by atoms with E-state index in [-0.39, 0.29) is 6.10 Å². The van der Waals surface area contributed by atoms with Crippen LogP contribution in [0.2, 0.25) is 0 Å². The third-order valence-electron chi connectivity index (χ3n) is 4.15. The van der Waals surface area contributed by atoms with E-state index in [0.717, 1.165) is 49.8 Å². The molecule has 1 atom stereocenters. The Hall–Kier alpha value is -1.91. The SMILES string of the molecule is COc1cccc(C[C@@H]2CN(Cc3cccc(C)n3)CCO2)c1. The Labute approximate surface area is 138 Å². The monoisotopic (exact) mass is 312 g/mol. The second-order valence-corrected chi connectivity index (χ2v) is 6.05. The third kappa shape index (κ3) is 4.53. The lowest BCUT2D eigenvalue weighted by atomic mass is 10.1. The fourth-order valence-electron chi connectivity index (χ4n) is 3.03. The molecule has 2 aromatic rings. The maximum absolute atomic E-state index is 5.94. The van der Waals surface area contributed by atoms with Crippen molar-refractivity contribution in [2.45, 2.75) is 26.0 Å². The summed E-state index contributed by atoms with van der Waals surface area (Å²) in [5.74, 6) is 0.902. The Morgan fingerprint density at radius 2 is 2.13 bits per heavy atom. The molecule has 0 bridgehead atoms. The number of rotatable bonds is 5. The summed E-state index contributed by atoms with van der Waals surface area (Å²) in [6.45, 7) is 5.60. The van der Waals surface area contributed by atoms with E-state index >= 15 is 0 Å². The zero-order valence-electron chi connectivity index (χ0n) is 13.9. The van der Waals surface area contributed by atoms with Crippen LogP contribution in [0.25, 0.3) is 0 Å². The fourth-order valence-corrected chi connectivity index (χ4v) is 3.03. The number of benzene rings is 1. The number of nitrogens with zero attached hydrogens (tertiary/aromatic N) is 2. The number of morpholine rings is 1. The smallest absolute Gasteiger partial charge is 0.119 e. The number of hydrogen-bond acceptors (Lipinski definition) is 4. The molecule has 0 amide bonds. The number of aromatic nitrogens is 1. The largest absolute Gasteiger partial charge is 0.497 e. The minimum Gasteiger partial charge on any atom is -0.497 e. The van der Waals surface area contributed by atoms with Gasteiger partial charge in [-0.3, -0.25) is 9.88 Å². The molecule has 4 heteroatoms. The fraction of sp³-hybridized carbons (Fsp3) is 0.421. The van der Waals surface area contributed by atoms with Crippen molar-refractivity contribution in [2.24, 2.45) is 0 Å². The van der Waals surface area contributed by atoms with Crippen LogP contribution in [0.1, 0.15) is 17.0 Å². The molecule has 0 aliphatic carbocycles. The average Bonchev–Trinajstić information content (AvgIpc) is 2.55. The van der Waals surface area contributed by atoms with Crippen LogP contribution < -0.4 is 4.74 Å². The molecule has 4 nitrogen and oxygen atoms in total. The lowest BCUT2D eigenvalue weighted by Gasteiger charge is -2.32. The van der Waals surface area contributed by atoms with Crippen molar-refractivity contribution in [3.8, 4) is 5.75 Å². The normalized spacial score (nSPS) is 18.8. The standard InChI is InChI=1S/C19H24N2O2/c1-15-5-3-7-17(20-15)13-21-9-10-23-19(14-21)12-16-6-4-8-18(11-16)22-2/h3-8,11,19H,9-10,12-14H2,1-2H3/t19-/m1/s1. The Balaban J connectivity index is 1.59. The Morgan fingerprint density at radius 1 is 1.26 bits per heavy atom. The van der Waals surface area contributed by atoms with Gasteiger partial charge in [-0.25, -0.2) is 0 Å². The molecule has 0 radical (unpaired) electrons. The van der Waals surface area contributed by atoms with Crippen molar-refractivity contribution in [1.29, 1.82) is 0 Å². The molecule has 0 N–H and O–H groups in total. The second kappa shape index (κ2) is 7.57. The molecule has 0 spiro atoms. The first kappa shape index (κ1) is 16.0. The minimum absolute atomic E-state index is 0.223. The van der Waals surface area contributed by atoms with Gasteiger partial charge in [-0.05, 0) is 36.8 Å². The van der Waals surface area contributed by atoms with Gasteiger partial charge in [-0.2, -0.15) is 0 Å². The van der Waals surface area contributed by atoms with Crippen molar-refractivity contribution in [2.75, 3.05) is 26.8 Å². The van der Waals surface area contributed by atoms with Crippen molar-refractivity contribution in [3.05, 3.63) is 59.4 Å². The van der Waals surface area contributed by atoms with Gasteiger partial charge < -0.3 is 9.47 Å². The summed E-state index contributed by atoms with van der Waals surface area (Å²) in [5, 5.41) is 0. The van der Waals surface area contributed by atoms with E-state index in [1.54, 1.807) is 7.11 Å². The number of ether oxygens (including phenoxy) is 2. The lowest BCUT2D eigenvalue weighted by Crippen LogP contribution is -2.43. The van der Waals surface area contributed by atoms with Gasteiger partial charge in [-0.1, -0.05) is 18.2 Å². The van der Waals surface area contributed by atoms with Crippen LogP contribution in [-0.4, -0.2) is 42.8 Å². The molecule has 122 valence electrons. The van der Waals surface area contributed by atoms with Crippen LogP contribution in [0.15, 0.2) is 42.5 Å². The molecule has 0 unspecified atom stereocenters. The van der Waals surface area contributed by atoms with Gasteiger partial charge in [0.05, 0.1) is 25.5 Å². The maximum atomic E-state index is 5.94. The number of hydrogen-bond donors (Lipinski definition) is 0.